The molecule has 3 rings (SSSR count). The van der Waals surface area contributed by atoms with Crippen LogP contribution in [0.5, 0.6) is 5.75 Å². The van der Waals surface area contributed by atoms with Gasteiger partial charge in [0.05, 0.1) is 18.8 Å². The third kappa shape index (κ3) is 3.57. The Labute approximate surface area is 147 Å². The molecule has 3 heterocycles. The SMILES string of the molecule is COc1cccn(CC(=O)N2CCC3(CC2)OCCC[C@H]3OC)c1=O. The molecular formula is C18H26N2O5. The van der Waals surface area contributed by atoms with Crippen LogP contribution in [0.15, 0.2) is 23.1 Å². The molecule has 7 nitrogen and oxygen atoms in total. The highest BCUT2D eigenvalue weighted by atomic mass is 16.5. The first-order valence-electron chi connectivity index (χ1n) is 8.77. The van der Waals surface area contributed by atoms with Crippen LogP contribution in [0.1, 0.15) is 25.7 Å². The third-order valence-corrected chi connectivity index (χ3v) is 5.34. The van der Waals surface area contributed by atoms with Gasteiger partial charge in [-0.2, -0.15) is 0 Å². The van der Waals surface area contributed by atoms with Gasteiger partial charge in [0.1, 0.15) is 6.54 Å². The van der Waals surface area contributed by atoms with Crippen LogP contribution >= 0.6 is 0 Å². The summed E-state index contributed by atoms with van der Waals surface area (Å²) in [6.45, 7) is 2.03. The Bertz CT molecular complexity index is 664. The second kappa shape index (κ2) is 7.58. The Morgan fingerprint density at radius 3 is 2.80 bits per heavy atom. The van der Waals surface area contributed by atoms with E-state index in [1.54, 1.807) is 25.4 Å². The number of pyridine rings is 1. The minimum absolute atomic E-state index is 0.0254. The van der Waals surface area contributed by atoms with Crippen molar-refractivity contribution in [1.29, 1.82) is 0 Å². The first-order chi connectivity index (χ1) is 12.1. The minimum Gasteiger partial charge on any atom is -0.491 e. The fourth-order valence-corrected chi connectivity index (χ4v) is 3.87. The number of rotatable bonds is 4. The number of carbonyl (C=O) groups is 1. The summed E-state index contributed by atoms with van der Waals surface area (Å²) in [6, 6.07) is 3.30. The molecule has 0 aliphatic carbocycles. The highest BCUT2D eigenvalue weighted by Crippen LogP contribution is 2.36. The van der Waals surface area contributed by atoms with Crippen LogP contribution in [0.4, 0.5) is 0 Å². The van der Waals surface area contributed by atoms with E-state index < -0.39 is 0 Å². The van der Waals surface area contributed by atoms with Crippen molar-refractivity contribution in [2.45, 2.75) is 43.9 Å². The molecule has 2 aliphatic heterocycles. The lowest BCUT2D eigenvalue weighted by atomic mass is 9.82. The van der Waals surface area contributed by atoms with Gasteiger partial charge in [-0.3, -0.25) is 9.59 Å². The molecule has 0 saturated carbocycles. The summed E-state index contributed by atoms with van der Waals surface area (Å²) in [5.74, 6) is 0.182. The predicted molar refractivity (Wildman–Crippen MR) is 91.8 cm³/mol. The molecule has 1 atom stereocenters. The summed E-state index contributed by atoms with van der Waals surface area (Å²) in [5.41, 5.74) is -0.557. The Morgan fingerprint density at radius 2 is 2.12 bits per heavy atom. The summed E-state index contributed by atoms with van der Waals surface area (Å²) in [4.78, 5) is 26.6. The normalized spacial score (nSPS) is 22.8. The quantitative estimate of drug-likeness (QED) is 0.812. The van der Waals surface area contributed by atoms with E-state index in [2.05, 4.69) is 0 Å². The summed E-state index contributed by atoms with van der Waals surface area (Å²) in [5, 5.41) is 0. The van der Waals surface area contributed by atoms with Crippen LogP contribution in [0, 0.1) is 0 Å². The highest BCUT2D eigenvalue weighted by molar-refractivity contribution is 5.76. The van der Waals surface area contributed by atoms with Crippen LogP contribution in [-0.2, 0) is 20.8 Å². The summed E-state index contributed by atoms with van der Waals surface area (Å²) in [6.07, 6.45) is 5.26. The van der Waals surface area contributed by atoms with E-state index >= 15 is 0 Å². The van der Waals surface area contributed by atoms with Crippen LogP contribution in [0.25, 0.3) is 0 Å². The molecule has 1 amide bonds. The predicted octanol–water partition coefficient (Wildman–Crippen LogP) is 1.04. The Hall–Kier alpha value is -1.86. The van der Waals surface area contributed by atoms with Crippen molar-refractivity contribution in [3.8, 4) is 5.75 Å². The average molecular weight is 350 g/mol. The van der Waals surface area contributed by atoms with Gasteiger partial charge in [0, 0.05) is 33.0 Å². The van der Waals surface area contributed by atoms with Gasteiger partial charge < -0.3 is 23.7 Å². The average Bonchev–Trinajstić information content (AvgIpc) is 2.64. The summed E-state index contributed by atoms with van der Waals surface area (Å²) < 4.78 is 18.1. The molecule has 1 aromatic heterocycles. The van der Waals surface area contributed by atoms with Crippen molar-refractivity contribution in [2.75, 3.05) is 33.9 Å². The molecule has 0 aromatic carbocycles. The van der Waals surface area contributed by atoms with Crippen molar-refractivity contribution in [3.63, 3.8) is 0 Å². The molecule has 0 bridgehead atoms. The van der Waals surface area contributed by atoms with E-state index in [9.17, 15) is 9.59 Å². The van der Waals surface area contributed by atoms with Gasteiger partial charge in [-0.1, -0.05) is 0 Å². The van der Waals surface area contributed by atoms with E-state index in [1.165, 1.54) is 11.7 Å². The van der Waals surface area contributed by atoms with Crippen molar-refractivity contribution in [2.24, 2.45) is 0 Å². The maximum absolute atomic E-state index is 12.6. The topological polar surface area (TPSA) is 70.0 Å². The van der Waals surface area contributed by atoms with E-state index in [0.29, 0.717) is 13.1 Å². The lowest BCUT2D eigenvalue weighted by Gasteiger charge is -2.48. The van der Waals surface area contributed by atoms with Crippen LogP contribution < -0.4 is 10.3 Å². The molecule has 1 aromatic rings. The monoisotopic (exact) mass is 350 g/mol. The van der Waals surface area contributed by atoms with Crippen LogP contribution in [0.3, 0.4) is 0 Å². The smallest absolute Gasteiger partial charge is 0.293 e. The number of hydrogen-bond acceptors (Lipinski definition) is 5. The molecule has 25 heavy (non-hydrogen) atoms. The van der Waals surface area contributed by atoms with Crippen LogP contribution in [-0.4, -0.2) is 61.0 Å². The van der Waals surface area contributed by atoms with Gasteiger partial charge in [-0.25, -0.2) is 0 Å². The molecule has 138 valence electrons. The Morgan fingerprint density at radius 1 is 1.36 bits per heavy atom. The number of nitrogens with zero attached hydrogens (tertiary/aromatic N) is 2. The fraction of sp³-hybridized carbons (Fsp3) is 0.667. The van der Waals surface area contributed by atoms with E-state index in [-0.39, 0.29) is 35.5 Å². The first kappa shape index (κ1) is 17.9. The molecule has 0 radical (unpaired) electrons. The number of methoxy groups -OCH3 is 2. The van der Waals surface area contributed by atoms with E-state index in [0.717, 1.165) is 32.3 Å². The molecular weight excluding hydrogens is 324 g/mol. The third-order valence-electron chi connectivity index (χ3n) is 5.34. The van der Waals surface area contributed by atoms with E-state index in [1.807, 2.05) is 4.90 Å². The maximum atomic E-state index is 12.6. The number of amides is 1. The molecule has 2 saturated heterocycles. The van der Waals surface area contributed by atoms with Crippen molar-refractivity contribution >= 4 is 5.91 Å². The van der Waals surface area contributed by atoms with Gasteiger partial charge >= 0.3 is 0 Å². The maximum Gasteiger partial charge on any atom is 0.293 e. The lowest BCUT2D eigenvalue weighted by Crippen LogP contribution is -2.57. The van der Waals surface area contributed by atoms with Crippen LogP contribution in [0.2, 0.25) is 0 Å². The van der Waals surface area contributed by atoms with Crippen molar-refractivity contribution in [3.05, 3.63) is 28.7 Å². The summed E-state index contributed by atoms with van der Waals surface area (Å²) >= 11 is 0. The van der Waals surface area contributed by atoms with E-state index in [4.69, 9.17) is 14.2 Å². The highest BCUT2D eigenvalue weighted by Gasteiger charge is 2.45. The number of carbonyl (C=O) groups excluding carboxylic acids is 1. The zero-order valence-electron chi connectivity index (χ0n) is 14.9. The number of ether oxygens (including phenoxy) is 3. The standard InChI is InChI=1S/C18H26N2O5/c1-23-14-5-3-9-20(17(14)22)13-16(21)19-10-7-18(8-11-19)15(24-2)6-4-12-25-18/h3,5,9,15H,4,6-8,10-13H2,1-2H3/t15-/m1/s1. The number of likely N-dealkylation sites (tertiary alicyclic amines) is 1. The number of hydrogen-bond donors (Lipinski definition) is 0. The molecule has 2 fully saturated rings. The van der Waals surface area contributed by atoms with Gasteiger partial charge in [-0.15, -0.1) is 0 Å². The number of piperidine rings is 1. The van der Waals surface area contributed by atoms with Gasteiger partial charge in [-0.05, 0) is 37.8 Å². The lowest BCUT2D eigenvalue weighted by molar-refractivity contribution is -0.188. The zero-order chi connectivity index (χ0) is 17.9. The second-order valence-electron chi connectivity index (χ2n) is 6.67. The molecule has 0 unspecified atom stereocenters. The number of aromatic nitrogens is 1. The van der Waals surface area contributed by atoms with Crippen molar-refractivity contribution < 1.29 is 19.0 Å². The fourth-order valence-electron chi connectivity index (χ4n) is 3.87. The van der Waals surface area contributed by atoms with Gasteiger partial charge in [0.15, 0.2) is 5.75 Å². The van der Waals surface area contributed by atoms with Gasteiger partial charge in [0.2, 0.25) is 5.91 Å². The van der Waals surface area contributed by atoms with Crippen molar-refractivity contribution in [1.82, 2.24) is 9.47 Å². The zero-order valence-corrected chi connectivity index (χ0v) is 14.9. The largest absolute Gasteiger partial charge is 0.491 e. The van der Waals surface area contributed by atoms with Gasteiger partial charge in [0.25, 0.3) is 5.56 Å². The second-order valence-corrected chi connectivity index (χ2v) is 6.67. The summed E-state index contributed by atoms with van der Waals surface area (Å²) in [7, 11) is 3.18. The molecule has 2 aliphatic rings. The molecule has 1 spiro atoms. The first-order valence-corrected chi connectivity index (χ1v) is 8.77. The molecule has 7 heteroatoms. The molecule has 0 N–H and O–H groups in total. The Balaban J connectivity index is 1.63. The Kier molecular flexibility index (Phi) is 5.44. The minimum atomic E-state index is -0.290.